The van der Waals surface area contributed by atoms with Crippen LogP contribution in [-0.4, -0.2) is 58.1 Å². The number of amides is 2. The van der Waals surface area contributed by atoms with Crippen molar-refractivity contribution in [2.75, 3.05) is 26.2 Å². The predicted octanol–water partition coefficient (Wildman–Crippen LogP) is 2.62. The van der Waals surface area contributed by atoms with Crippen LogP contribution in [0.5, 0.6) is 0 Å². The van der Waals surface area contributed by atoms with Crippen molar-refractivity contribution in [2.45, 2.75) is 0 Å². The number of aromatic nitrogens is 1. The lowest BCUT2D eigenvalue weighted by Crippen LogP contribution is -2.52. The van der Waals surface area contributed by atoms with Crippen LogP contribution in [0.2, 0.25) is 0 Å². The summed E-state index contributed by atoms with van der Waals surface area (Å²) >= 11 is 0. The maximum atomic E-state index is 14.3. The van der Waals surface area contributed by atoms with Gasteiger partial charge in [-0.05, 0) is 18.2 Å². The molecule has 0 spiro atoms. The first-order valence-electron chi connectivity index (χ1n) is 9.49. The first-order chi connectivity index (χ1) is 14.4. The monoisotopic (exact) mass is 411 g/mol. The Morgan fingerprint density at radius 2 is 1.53 bits per heavy atom. The van der Waals surface area contributed by atoms with Crippen LogP contribution in [0.1, 0.15) is 20.7 Å². The van der Waals surface area contributed by atoms with Gasteiger partial charge in [-0.1, -0.05) is 18.2 Å². The molecule has 8 heteroatoms. The smallest absolute Gasteiger partial charge is 0.295 e. The van der Waals surface area contributed by atoms with E-state index in [2.05, 4.69) is 0 Å². The lowest BCUT2D eigenvalue weighted by Gasteiger charge is -2.34. The Hall–Kier alpha value is -3.55. The Morgan fingerprint density at radius 3 is 2.20 bits per heavy atom. The Kier molecular flexibility index (Phi) is 5.07. The molecule has 2 aromatic carbocycles. The Bertz CT molecular complexity index is 1150. The average Bonchev–Trinajstić information content (AvgIpc) is 3.09. The van der Waals surface area contributed by atoms with E-state index in [1.54, 1.807) is 36.2 Å². The van der Waals surface area contributed by atoms with E-state index in [1.165, 1.54) is 15.7 Å². The van der Waals surface area contributed by atoms with Gasteiger partial charge in [0.05, 0.1) is 11.1 Å². The van der Waals surface area contributed by atoms with Gasteiger partial charge in [0.1, 0.15) is 11.6 Å². The molecule has 1 saturated heterocycles. The second kappa shape index (κ2) is 7.70. The molecule has 30 heavy (non-hydrogen) atoms. The largest absolute Gasteiger partial charge is 0.350 e. The van der Waals surface area contributed by atoms with Crippen LogP contribution in [0.25, 0.3) is 10.9 Å². The highest BCUT2D eigenvalue weighted by molar-refractivity contribution is 6.45. The van der Waals surface area contributed by atoms with Gasteiger partial charge in [-0.25, -0.2) is 8.78 Å². The van der Waals surface area contributed by atoms with E-state index in [0.717, 1.165) is 6.07 Å². The molecule has 6 nitrogen and oxygen atoms in total. The summed E-state index contributed by atoms with van der Waals surface area (Å²) in [6.07, 6.45) is 1.34. The summed E-state index contributed by atoms with van der Waals surface area (Å²) < 4.78 is 29.2. The maximum absolute atomic E-state index is 14.3. The van der Waals surface area contributed by atoms with Crippen molar-refractivity contribution in [3.63, 3.8) is 0 Å². The molecule has 2 heterocycles. The van der Waals surface area contributed by atoms with Crippen LogP contribution in [0.15, 0.2) is 48.7 Å². The number of piperazine rings is 1. The van der Waals surface area contributed by atoms with Crippen molar-refractivity contribution in [1.82, 2.24) is 14.4 Å². The van der Waals surface area contributed by atoms with E-state index >= 15 is 0 Å². The number of ketones is 1. The number of hydrogen-bond acceptors (Lipinski definition) is 3. The lowest BCUT2D eigenvalue weighted by atomic mass is 10.1. The number of hydrogen-bond donors (Lipinski definition) is 0. The fraction of sp³-hybridized carbons (Fsp3) is 0.227. The van der Waals surface area contributed by atoms with Crippen LogP contribution >= 0.6 is 0 Å². The number of carbonyl (C=O) groups is 3. The first kappa shape index (κ1) is 19.8. The first-order valence-corrected chi connectivity index (χ1v) is 9.49. The Labute approximate surface area is 171 Å². The summed E-state index contributed by atoms with van der Waals surface area (Å²) in [5.74, 6) is -3.40. The van der Waals surface area contributed by atoms with Crippen molar-refractivity contribution >= 4 is 28.5 Å². The second-order valence-electron chi connectivity index (χ2n) is 7.21. The van der Waals surface area contributed by atoms with Gasteiger partial charge in [0, 0.05) is 56.4 Å². The molecule has 0 atom stereocenters. The number of benzene rings is 2. The van der Waals surface area contributed by atoms with E-state index in [9.17, 15) is 23.2 Å². The molecule has 0 N–H and O–H groups in total. The summed E-state index contributed by atoms with van der Waals surface area (Å²) in [6.45, 7) is 0.986. The minimum absolute atomic E-state index is 0.0739. The number of Topliss-reactive ketones (excluding diaryl/α,β-unsaturated/α-hetero) is 1. The van der Waals surface area contributed by atoms with Crippen LogP contribution in [0.3, 0.4) is 0 Å². The van der Waals surface area contributed by atoms with Gasteiger partial charge in [0.15, 0.2) is 0 Å². The van der Waals surface area contributed by atoms with E-state index < -0.39 is 23.3 Å². The molecular weight excluding hydrogens is 392 g/mol. The predicted molar refractivity (Wildman–Crippen MR) is 106 cm³/mol. The normalized spacial score (nSPS) is 14.2. The fourth-order valence-electron chi connectivity index (χ4n) is 3.74. The van der Waals surface area contributed by atoms with Gasteiger partial charge in [-0.3, -0.25) is 14.4 Å². The van der Waals surface area contributed by atoms with Crippen molar-refractivity contribution in [3.05, 3.63) is 71.4 Å². The van der Waals surface area contributed by atoms with Crippen LogP contribution in [0, 0.1) is 11.6 Å². The SMILES string of the molecule is Cn1cc(C(=O)C(=O)N2CCN(C(=O)c3ccccc3)CC2)c2c(F)cc(F)cc21. The number of carbonyl (C=O) groups excluding carboxylic acids is 3. The molecule has 0 radical (unpaired) electrons. The molecule has 0 bridgehead atoms. The Morgan fingerprint density at radius 1 is 0.900 bits per heavy atom. The lowest BCUT2D eigenvalue weighted by molar-refractivity contribution is -0.127. The minimum atomic E-state index is -0.889. The third-order valence-corrected chi connectivity index (χ3v) is 5.32. The van der Waals surface area contributed by atoms with Gasteiger partial charge in [0.2, 0.25) is 0 Å². The molecule has 1 fully saturated rings. The standard InChI is InChI=1S/C22H19F2N3O3/c1-25-13-16(19-17(24)11-15(23)12-18(19)25)20(28)22(30)27-9-7-26(8-10-27)21(29)14-5-3-2-4-6-14/h2-6,11-13H,7-10H2,1H3. The van der Waals surface area contributed by atoms with Crippen molar-refractivity contribution in [1.29, 1.82) is 0 Å². The minimum Gasteiger partial charge on any atom is -0.350 e. The molecule has 0 saturated carbocycles. The van der Waals surface area contributed by atoms with Crippen molar-refractivity contribution < 1.29 is 23.2 Å². The average molecular weight is 411 g/mol. The molecule has 1 aromatic heterocycles. The van der Waals surface area contributed by atoms with Gasteiger partial charge >= 0.3 is 0 Å². The molecule has 154 valence electrons. The zero-order valence-corrected chi connectivity index (χ0v) is 16.3. The summed E-state index contributed by atoms with van der Waals surface area (Å²) in [6, 6.07) is 10.6. The van der Waals surface area contributed by atoms with Gasteiger partial charge in [-0.15, -0.1) is 0 Å². The second-order valence-corrected chi connectivity index (χ2v) is 7.21. The van der Waals surface area contributed by atoms with Crippen molar-refractivity contribution in [3.8, 4) is 0 Å². The molecular formula is C22H19F2N3O3. The van der Waals surface area contributed by atoms with Gasteiger partial charge in [0.25, 0.3) is 17.6 Å². The molecule has 4 rings (SSSR count). The molecule has 0 aliphatic carbocycles. The van der Waals surface area contributed by atoms with E-state index in [0.29, 0.717) is 24.7 Å². The highest BCUT2D eigenvalue weighted by atomic mass is 19.1. The Balaban J connectivity index is 1.49. The van der Waals surface area contributed by atoms with Crippen LogP contribution < -0.4 is 0 Å². The maximum Gasteiger partial charge on any atom is 0.295 e. The zero-order valence-electron chi connectivity index (χ0n) is 16.3. The molecule has 0 unspecified atom stereocenters. The highest BCUT2D eigenvalue weighted by Crippen LogP contribution is 2.26. The quantitative estimate of drug-likeness (QED) is 0.492. The zero-order chi connectivity index (χ0) is 21.4. The number of aryl methyl sites for hydroxylation is 1. The topological polar surface area (TPSA) is 62.6 Å². The molecule has 1 aliphatic rings. The van der Waals surface area contributed by atoms with E-state index in [4.69, 9.17) is 0 Å². The van der Waals surface area contributed by atoms with Crippen LogP contribution in [-0.2, 0) is 11.8 Å². The molecule has 2 amide bonds. The number of nitrogens with zero attached hydrogens (tertiary/aromatic N) is 3. The number of fused-ring (bicyclic) bond motifs is 1. The molecule has 1 aliphatic heterocycles. The number of halogens is 2. The van der Waals surface area contributed by atoms with Gasteiger partial charge < -0.3 is 14.4 Å². The molecule has 3 aromatic rings. The fourth-order valence-corrected chi connectivity index (χ4v) is 3.74. The third-order valence-electron chi connectivity index (χ3n) is 5.32. The summed E-state index contributed by atoms with van der Waals surface area (Å²) in [4.78, 5) is 41.1. The number of rotatable bonds is 3. The van der Waals surface area contributed by atoms with Crippen molar-refractivity contribution in [2.24, 2.45) is 7.05 Å². The summed E-state index contributed by atoms with van der Waals surface area (Å²) in [7, 11) is 1.55. The summed E-state index contributed by atoms with van der Waals surface area (Å²) in [5.41, 5.74) is 0.659. The van der Waals surface area contributed by atoms with E-state index in [-0.39, 0.29) is 35.5 Å². The third kappa shape index (κ3) is 3.45. The highest BCUT2D eigenvalue weighted by Gasteiger charge is 2.31. The van der Waals surface area contributed by atoms with Crippen LogP contribution in [0.4, 0.5) is 8.78 Å². The van der Waals surface area contributed by atoms with E-state index in [1.807, 2.05) is 6.07 Å². The van der Waals surface area contributed by atoms with Gasteiger partial charge in [-0.2, -0.15) is 0 Å². The summed E-state index contributed by atoms with van der Waals surface area (Å²) in [5, 5.41) is -0.0739.